The number of benzene rings is 1. The fourth-order valence-electron chi connectivity index (χ4n) is 2.28. The number of carbonyl (C=O) groups is 1. The number of furan rings is 1. The van der Waals surface area contributed by atoms with Gasteiger partial charge in [-0.25, -0.2) is 4.98 Å². The Bertz CT molecular complexity index is 753. The van der Waals surface area contributed by atoms with Gasteiger partial charge >= 0.3 is 0 Å². The van der Waals surface area contributed by atoms with E-state index in [-0.39, 0.29) is 5.91 Å². The average molecular weight is 321 g/mol. The minimum Gasteiger partial charge on any atom is -0.467 e. The predicted octanol–water partition coefficient (Wildman–Crippen LogP) is 3.86. The molecule has 2 heterocycles. The third-order valence-electron chi connectivity index (χ3n) is 3.56. The number of carbonyl (C=O) groups excluding carboxylic acids is 1. The maximum absolute atomic E-state index is 12.0. The van der Waals surface area contributed by atoms with Crippen molar-refractivity contribution in [1.29, 1.82) is 0 Å². The van der Waals surface area contributed by atoms with Gasteiger partial charge in [-0.3, -0.25) is 4.79 Å². The molecule has 0 fully saturated rings. The van der Waals surface area contributed by atoms with Crippen LogP contribution >= 0.6 is 0 Å². The van der Waals surface area contributed by atoms with Crippen LogP contribution in [0.2, 0.25) is 0 Å². The Morgan fingerprint density at radius 3 is 2.62 bits per heavy atom. The predicted molar refractivity (Wildman–Crippen MR) is 93.7 cm³/mol. The zero-order valence-electron chi connectivity index (χ0n) is 13.2. The third-order valence-corrected chi connectivity index (χ3v) is 3.56. The van der Waals surface area contributed by atoms with Gasteiger partial charge in [-0.1, -0.05) is 30.3 Å². The summed E-state index contributed by atoms with van der Waals surface area (Å²) in [5, 5.41) is 6.02. The molecule has 0 saturated heterocycles. The number of rotatable bonds is 7. The Morgan fingerprint density at radius 1 is 1.04 bits per heavy atom. The van der Waals surface area contributed by atoms with Gasteiger partial charge in [-0.05, 0) is 36.2 Å². The average Bonchev–Trinajstić information content (AvgIpc) is 3.14. The van der Waals surface area contributed by atoms with Crippen molar-refractivity contribution in [1.82, 2.24) is 4.98 Å². The Labute approximate surface area is 140 Å². The van der Waals surface area contributed by atoms with Crippen molar-refractivity contribution in [3.8, 4) is 0 Å². The fraction of sp³-hybridized carbons (Fsp3) is 0.158. The highest BCUT2D eigenvalue weighted by atomic mass is 16.3. The normalized spacial score (nSPS) is 10.3. The lowest BCUT2D eigenvalue weighted by molar-refractivity contribution is -0.116. The summed E-state index contributed by atoms with van der Waals surface area (Å²) >= 11 is 0. The van der Waals surface area contributed by atoms with Crippen LogP contribution in [-0.2, 0) is 17.8 Å². The largest absolute Gasteiger partial charge is 0.467 e. The van der Waals surface area contributed by atoms with Crippen LogP contribution in [0.25, 0.3) is 0 Å². The topological polar surface area (TPSA) is 67.2 Å². The number of anilines is 2. The van der Waals surface area contributed by atoms with Crippen LogP contribution in [0, 0.1) is 0 Å². The summed E-state index contributed by atoms with van der Waals surface area (Å²) in [5.74, 6) is 1.37. The molecule has 5 heteroatoms. The van der Waals surface area contributed by atoms with E-state index in [1.54, 1.807) is 18.5 Å². The summed E-state index contributed by atoms with van der Waals surface area (Å²) in [6, 6.07) is 17.4. The highest BCUT2D eigenvalue weighted by Crippen LogP contribution is 2.12. The van der Waals surface area contributed by atoms with Gasteiger partial charge in [0, 0.05) is 6.42 Å². The van der Waals surface area contributed by atoms with E-state index >= 15 is 0 Å². The van der Waals surface area contributed by atoms with E-state index in [0.29, 0.717) is 18.8 Å². The lowest BCUT2D eigenvalue weighted by Gasteiger charge is -2.07. The first-order valence-corrected chi connectivity index (χ1v) is 7.86. The van der Waals surface area contributed by atoms with Crippen LogP contribution in [-0.4, -0.2) is 10.9 Å². The van der Waals surface area contributed by atoms with Crippen LogP contribution < -0.4 is 10.6 Å². The van der Waals surface area contributed by atoms with E-state index in [9.17, 15) is 4.79 Å². The molecule has 122 valence electrons. The molecule has 0 radical (unpaired) electrons. The molecule has 0 unspecified atom stereocenters. The Balaban J connectivity index is 1.45. The summed E-state index contributed by atoms with van der Waals surface area (Å²) in [4.78, 5) is 16.2. The van der Waals surface area contributed by atoms with E-state index in [1.807, 2.05) is 48.5 Å². The van der Waals surface area contributed by atoms with Crippen molar-refractivity contribution < 1.29 is 9.21 Å². The smallest absolute Gasteiger partial charge is 0.225 e. The molecule has 1 amide bonds. The molecule has 0 aliphatic heterocycles. The molecule has 1 aromatic carbocycles. The summed E-state index contributed by atoms with van der Waals surface area (Å²) < 4.78 is 5.26. The molecule has 0 aliphatic rings. The van der Waals surface area contributed by atoms with Gasteiger partial charge in [-0.15, -0.1) is 0 Å². The van der Waals surface area contributed by atoms with Gasteiger partial charge in [0.15, 0.2) is 0 Å². The van der Waals surface area contributed by atoms with Gasteiger partial charge in [0.1, 0.15) is 11.6 Å². The number of hydrogen-bond acceptors (Lipinski definition) is 4. The zero-order valence-corrected chi connectivity index (χ0v) is 13.2. The number of nitrogens with one attached hydrogen (secondary N) is 2. The monoisotopic (exact) mass is 321 g/mol. The van der Waals surface area contributed by atoms with E-state index < -0.39 is 0 Å². The third kappa shape index (κ3) is 4.71. The molecule has 0 saturated carbocycles. The first-order chi connectivity index (χ1) is 11.8. The number of aryl methyl sites for hydroxylation is 1. The molecule has 3 rings (SSSR count). The van der Waals surface area contributed by atoms with Crippen molar-refractivity contribution in [2.45, 2.75) is 19.4 Å². The molecule has 2 N–H and O–H groups in total. The molecule has 0 aliphatic carbocycles. The van der Waals surface area contributed by atoms with Crippen molar-refractivity contribution in [3.63, 3.8) is 0 Å². The summed E-state index contributed by atoms with van der Waals surface area (Å²) in [5.41, 5.74) is 2.02. The molecule has 5 nitrogen and oxygen atoms in total. The molecule has 24 heavy (non-hydrogen) atoms. The summed E-state index contributed by atoms with van der Waals surface area (Å²) in [6.45, 7) is 0.595. The number of hydrogen-bond donors (Lipinski definition) is 2. The Hall–Kier alpha value is -3.08. The van der Waals surface area contributed by atoms with Gasteiger partial charge in [0.25, 0.3) is 0 Å². The van der Waals surface area contributed by atoms with Crippen molar-refractivity contribution in [2.24, 2.45) is 0 Å². The highest BCUT2D eigenvalue weighted by molar-refractivity contribution is 5.89. The van der Waals surface area contributed by atoms with E-state index in [0.717, 1.165) is 23.4 Å². The minimum atomic E-state index is -0.0392. The zero-order chi connectivity index (χ0) is 16.6. The second-order valence-electron chi connectivity index (χ2n) is 5.40. The van der Waals surface area contributed by atoms with Gasteiger partial charge in [-0.2, -0.15) is 0 Å². The van der Waals surface area contributed by atoms with Crippen molar-refractivity contribution >= 4 is 17.4 Å². The second-order valence-corrected chi connectivity index (χ2v) is 5.40. The second kappa shape index (κ2) is 7.97. The van der Waals surface area contributed by atoms with Crippen molar-refractivity contribution in [2.75, 3.05) is 10.6 Å². The van der Waals surface area contributed by atoms with Crippen LogP contribution in [0.5, 0.6) is 0 Å². The SMILES string of the molecule is O=C(CCc1ccccc1)Nc1ccc(NCc2ccco2)cn1. The summed E-state index contributed by atoms with van der Waals surface area (Å²) in [7, 11) is 0. The molecule has 0 spiro atoms. The molecule has 3 aromatic rings. The maximum atomic E-state index is 12.0. The molecular formula is C19H19N3O2. The molecular weight excluding hydrogens is 302 g/mol. The quantitative estimate of drug-likeness (QED) is 0.693. The van der Waals surface area contributed by atoms with Crippen LogP contribution in [0.15, 0.2) is 71.5 Å². The fourth-order valence-corrected chi connectivity index (χ4v) is 2.28. The van der Waals surface area contributed by atoms with Gasteiger partial charge in [0.05, 0.1) is 24.7 Å². The van der Waals surface area contributed by atoms with E-state index in [2.05, 4.69) is 15.6 Å². The van der Waals surface area contributed by atoms with E-state index in [4.69, 9.17) is 4.42 Å². The maximum Gasteiger partial charge on any atom is 0.225 e. The standard InChI is InChI=1S/C19H19N3O2/c23-19(11-8-15-5-2-1-3-6-15)22-18-10-9-16(13-21-18)20-14-17-7-4-12-24-17/h1-7,9-10,12-13,20H,8,11,14H2,(H,21,22,23). The Morgan fingerprint density at radius 2 is 1.92 bits per heavy atom. The van der Waals surface area contributed by atoms with Crippen molar-refractivity contribution in [3.05, 3.63) is 78.4 Å². The van der Waals surface area contributed by atoms with E-state index in [1.165, 1.54) is 0 Å². The lowest BCUT2D eigenvalue weighted by Crippen LogP contribution is -2.13. The number of nitrogens with zero attached hydrogens (tertiary/aromatic N) is 1. The van der Waals surface area contributed by atoms with Crippen LogP contribution in [0.4, 0.5) is 11.5 Å². The summed E-state index contributed by atoms with van der Waals surface area (Å²) in [6.07, 6.45) is 4.48. The first-order valence-electron chi connectivity index (χ1n) is 7.86. The van der Waals surface area contributed by atoms with Crippen LogP contribution in [0.1, 0.15) is 17.7 Å². The lowest BCUT2D eigenvalue weighted by atomic mass is 10.1. The van der Waals surface area contributed by atoms with Crippen LogP contribution in [0.3, 0.4) is 0 Å². The molecule has 0 atom stereocenters. The number of amides is 1. The molecule has 0 bridgehead atoms. The number of pyridine rings is 1. The number of aromatic nitrogens is 1. The molecule has 2 aromatic heterocycles. The Kier molecular flexibility index (Phi) is 5.24. The van der Waals surface area contributed by atoms with Gasteiger partial charge < -0.3 is 15.1 Å². The first kappa shape index (κ1) is 15.8. The van der Waals surface area contributed by atoms with Gasteiger partial charge in [0.2, 0.25) is 5.91 Å². The minimum absolute atomic E-state index is 0.0392. The highest BCUT2D eigenvalue weighted by Gasteiger charge is 2.04.